The van der Waals surface area contributed by atoms with Gasteiger partial charge in [-0.05, 0) is 37.5 Å². The van der Waals surface area contributed by atoms with Gasteiger partial charge in [0.25, 0.3) is 0 Å². The highest BCUT2D eigenvalue weighted by molar-refractivity contribution is 6.01. The van der Waals surface area contributed by atoms with Gasteiger partial charge in [-0.15, -0.1) is 0 Å². The van der Waals surface area contributed by atoms with E-state index in [0.29, 0.717) is 11.1 Å². The SMILES string of the molecule is COC(=O)C(=C(C(=O)OC)C1CCCC1)C1CCCC1. The Morgan fingerprint density at radius 1 is 0.700 bits per heavy atom. The standard InChI is InChI=1S/C16H24O4/c1-19-15(17)13(11-7-3-4-8-11)14(16(18)20-2)12-9-5-6-10-12/h11-12H,3-10H2,1-2H3. The first kappa shape index (κ1) is 15.1. The number of carbonyl (C=O) groups is 2. The molecular weight excluding hydrogens is 256 g/mol. The van der Waals surface area contributed by atoms with E-state index in [4.69, 9.17) is 9.47 Å². The van der Waals surface area contributed by atoms with Gasteiger partial charge in [0.05, 0.1) is 25.4 Å². The average molecular weight is 280 g/mol. The quantitative estimate of drug-likeness (QED) is 0.587. The Bertz CT molecular complexity index is 361. The van der Waals surface area contributed by atoms with Gasteiger partial charge in [0, 0.05) is 0 Å². The molecule has 0 atom stereocenters. The summed E-state index contributed by atoms with van der Waals surface area (Å²) in [6, 6.07) is 0. The minimum absolute atomic E-state index is 0.164. The monoisotopic (exact) mass is 280 g/mol. The maximum atomic E-state index is 12.2. The maximum absolute atomic E-state index is 12.2. The molecule has 0 aromatic heterocycles. The fourth-order valence-electron chi connectivity index (χ4n) is 3.64. The molecule has 20 heavy (non-hydrogen) atoms. The highest BCUT2D eigenvalue weighted by Crippen LogP contribution is 2.39. The Labute approximate surface area is 120 Å². The molecule has 2 aliphatic carbocycles. The smallest absolute Gasteiger partial charge is 0.334 e. The van der Waals surface area contributed by atoms with Crippen molar-refractivity contribution in [1.82, 2.24) is 0 Å². The zero-order chi connectivity index (χ0) is 14.5. The van der Waals surface area contributed by atoms with Crippen LogP contribution in [0.15, 0.2) is 11.1 Å². The van der Waals surface area contributed by atoms with Crippen LogP contribution in [0.5, 0.6) is 0 Å². The van der Waals surface area contributed by atoms with Crippen LogP contribution in [0.1, 0.15) is 51.4 Å². The van der Waals surface area contributed by atoms with Crippen molar-refractivity contribution >= 4 is 11.9 Å². The maximum Gasteiger partial charge on any atom is 0.334 e. The molecule has 112 valence electrons. The molecule has 0 aromatic rings. The van der Waals surface area contributed by atoms with Crippen LogP contribution in [-0.2, 0) is 19.1 Å². The summed E-state index contributed by atoms with van der Waals surface area (Å²) in [4.78, 5) is 24.5. The van der Waals surface area contributed by atoms with E-state index in [9.17, 15) is 9.59 Å². The minimum Gasteiger partial charge on any atom is -0.466 e. The van der Waals surface area contributed by atoms with Gasteiger partial charge in [-0.1, -0.05) is 25.7 Å². The minimum atomic E-state index is -0.343. The summed E-state index contributed by atoms with van der Waals surface area (Å²) in [7, 11) is 2.78. The van der Waals surface area contributed by atoms with Crippen LogP contribution in [0.4, 0.5) is 0 Å². The molecule has 2 rings (SSSR count). The van der Waals surface area contributed by atoms with Crippen molar-refractivity contribution < 1.29 is 19.1 Å². The predicted molar refractivity (Wildman–Crippen MR) is 75.0 cm³/mol. The summed E-state index contributed by atoms with van der Waals surface area (Å²) < 4.78 is 9.91. The molecule has 2 fully saturated rings. The molecular formula is C16H24O4. The van der Waals surface area contributed by atoms with Gasteiger partial charge in [-0.2, -0.15) is 0 Å². The molecule has 2 saturated carbocycles. The van der Waals surface area contributed by atoms with E-state index in [-0.39, 0.29) is 23.8 Å². The molecule has 0 N–H and O–H groups in total. The fraction of sp³-hybridized carbons (Fsp3) is 0.750. The van der Waals surface area contributed by atoms with Crippen LogP contribution >= 0.6 is 0 Å². The second-order valence-corrected chi connectivity index (χ2v) is 5.77. The van der Waals surface area contributed by atoms with Crippen LogP contribution < -0.4 is 0 Å². The van der Waals surface area contributed by atoms with Crippen molar-refractivity contribution in [2.45, 2.75) is 51.4 Å². The average Bonchev–Trinajstić information content (AvgIpc) is 3.15. The molecule has 0 spiro atoms. The largest absolute Gasteiger partial charge is 0.466 e. The zero-order valence-corrected chi connectivity index (χ0v) is 12.4. The lowest BCUT2D eigenvalue weighted by Crippen LogP contribution is -2.23. The van der Waals surface area contributed by atoms with Crippen LogP contribution in [0.25, 0.3) is 0 Å². The number of hydrogen-bond acceptors (Lipinski definition) is 4. The van der Waals surface area contributed by atoms with E-state index in [2.05, 4.69) is 0 Å². The molecule has 4 heteroatoms. The number of esters is 2. The van der Waals surface area contributed by atoms with Crippen molar-refractivity contribution in [2.24, 2.45) is 11.8 Å². The van der Waals surface area contributed by atoms with E-state index < -0.39 is 0 Å². The summed E-state index contributed by atoms with van der Waals surface area (Å²) >= 11 is 0. The highest BCUT2D eigenvalue weighted by atomic mass is 16.5. The molecule has 0 unspecified atom stereocenters. The third kappa shape index (κ3) is 3.05. The molecule has 0 aromatic carbocycles. The van der Waals surface area contributed by atoms with E-state index >= 15 is 0 Å². The van der Waals surface area contributed by atoms with Gasteiger partial charge < -0.3 is 9.47 Å². The lowest BCUT2D eigenvalue weighted by atomic mass is 9.85. The molecule has 4 nitrogen and oxygen atoms in total. The zero-order valence-electron chi connectivity index (χ0n) is 12.4. The van der Waals surface area contributed by atoms with E-state index in [1.165, 1.54) is 14.2 Å². The summed E-state index contributed by atoms with van der Waals surface area (Å²) in [5, 5.41) is 0. The van der Waals surface area contributed by atoms with Crippen molar-refractivity contribution in [3.63, 3.8) is 0 Å². The van der Waals surface area contributed by atoms with E-state index in [1.807, 2.05) is 0 Å². The molecule has 0 saturated heterocycles. The third-order valence-electron chi connectivity index (χ3n) is 4.63. The summed E-state index contributed by atoms with van der Waals surface area (Å²) in [6.07, 6.45) is 8.34. The summed E-state index contributed by atoms with van der Waals surface area (Å²) in [5.41, 5.74) is 1.20. The second-order valence-electron chi connectivity index (χ2n) is 5.77. The number of rotatable bonds is 4. The van der Waals surface area contributed by atoms with Gasteiger partial charge in [-0.3, -0.25) is 0 Å². The first-order valence-corrected chi connectivity index (χ1v) is 7.59. The Balaban J connectivity index is 2.43. The number of methoxy groups -OCH3 is 2. The van der Waals surface area contributed by atoms with Crippen LogP contribution in [0.3, 0.4) is 0 Å². The molecule has 0 heterocycles. The first-order valence-electron chi connectivity index (χ1n) is 7.59. The normalized spacial score (nSPS) is 21.7. The van der Waals surface area contributed by atoms with E-state index in [0.717, 1.165) is 51.4 Å². The molecule has 2 aliphatic rings. The summed E-state index contributed by atoms with van der Waals surface area (Å²) in [6.45, 7) is 0. The highest BCUT2D eigenvalue weighted by Gasteiger charge is 2.35. The number of carbonyl (C=O) groups excluding carboxylic acids is 2. The molecule has 0 amide bonds. The van der Waals surface area contributed by atoms with Gasteiger partial charge in [0.2, 0.25) is 0 Å². The Morgan fingerprint density at radius 3 is 1.25 bits per heavy atom. The Hall–Kier alpha value is -1.32. The molecule has 0 aliphatic heterocycles. The lowest BCUT2D eigenvalue weighted by molar-refractivity contribution is -0.140. The van der Waals surface area contributed by atoms with Crippen LogP contribution in [0.2, 0.25) is 0 Å². The first-order chi connectivity index (χ1) is 9.69. The number of ether oxygens (including phenoxy) is 2. The van der Waals surface area contributed by atoms with Crippen LogP contribution in [-0.4, -0.2) is 26.2 Å². The second kappa shape index (κ2) is 6.91. The van der Waals surface area contributed by atoms with Gasteiger partial charge >= 0.3 is 11.9 Å². The predicted octanol–water partition coefficient (Wildman–Crippen LogP) is 3.01. The van der Waals surface area contributed by atoms with E-state index in [1.54, 1.807) is 0 Å². The van der Waals surface area contributed by atoms with Gasteiger partial charge in [0.1, 0.15) is 0 Å². The topological polar surface area (TPSA) is 52.6 Å². The lowest BCUT2D eigenvalue weighted by Gasteiger charge is -2.21. The van der Waals surface area contributed by atoms with Crippen molar-refractivity contribution in [3.05, 3.63) is 11.1 Å². The fourth-order valence-corrected chi connectivity index (χ4v) is 3.64. The van der Waals surface area contributed by atoms with Crippen molar-refractivity contribution in [2.75, 3.05) is 14.2 Å². The Kier molecular flexibility index (Phi) is 5.21. The number of hydrogen-bond donors (Lipinski definition) is 0. The van der Waals surface area contributed by atoms with Crippen LogP contribution in [0, 0.1) is 11.8 Å². The Morgan fingerprint density at radius 2 is 1.00 bits per heavy atom. The molecule has 0 bridgehead atoms. The van der Waals surface area contributed by atoms with Gasteiger partial charge in [0.15, 0.2) is 0 Å². The summed E-state index contributed by atoms with van der Waals surface area (Å²) in [5.74, 6) is -0.359. The van der Waals surface area contributed by atoms with Crippen molar-refractivity contribution in [3.8, 4) is 0 Å². The molecule has 0 radical (unpaired) electrons. The third-order valence-corrected chi connectivity index (χ3v) is 4.63. The van der Waals surface area contributed by atoms with Crippen molar-refractivity contribution in [1.29, 1.82) is 0 Å². The van der Waals surface area contributed by atoms with Gasteiger partial charge in [-0.25, -0.2) is 9.59 Å².